The molecule has 0 fully saturated rings. The van der Waals surface area contributed by atoms with Crippen LogP contribution < -0.4 is 5.32 Å². The Morgan fingerprint density at radius 1 is 0.769 bits per heavy atom. The van der Waals surface area contributed by atoms with Gasteiger partial charge in [0.1, 0.15) is 0 Å². The SMILES string of the molecule is CCCCCCCCCOC(=O)CCCC(=O)NC(C)CCCCCC. The fourth-order valence-electron chi connectivity index (χ4n) is 3.01. The molecule has 0 aromatic heterocycles. The van der Waals surface area contributed by atoms with Crippen LogP contribution in [0.2, 0.25) is 0 Å². The summed E-state index contributed by atoms with van der Waals surface area (Å²) in [5.41, 5.74) is 0. The standard InChI is InChI=1S/C22H43NO3/c1-4-6-8-10-11-12-14-19-26-22(25)18-15-17-21(24)23-20(3)16-13-9-7-5-2/h20H,4-19H2,1-3H3,(H,23,24). The van der Waals surface area contributed by atoms with E-state index >= 15 is 0 Å². The first kappa shape index (κ1) is 24.9. The molecule has 0 aromatic rings. The highest BCUT2D eigenvalue weighted by molar-refractivity contribution is 5.77. The monoisotopic (exact) mass is 369 g/mol. The van der Waals surface area contributed by atoms with Crippen LogP contribution in [0.1, 0.15) is 117 Å². The summed E-state index contributed by atoms with van der Waals surface area (Å²) in [6.45, 7) is 7.00. The molecule has 0 heterocycles. The van der Waals surface area contributed by atoms with Gasteiger partial charge in [0.25, 0.3) is 0 Å². The van der Waals surface area contributed by atoms with Crippen molar-refractivity contribution < 1.29 is 14.3 Å². The minimum atomic E-state index is -0.170. The minimum absolute atomic E-state index is 0.0490. The average Bonchev–Trinajstić information content (AvgIpc) is 2.61. The Morgan fingerprint density at radius 2 is 1.35 bits per heavy atom. The summed E-state index contributed by atoms with van der Waals surface area (Å²) in [6.07, 6.45) is 15.8. The maximum Gasteiger partial charge on any atom is 0.305 e. The number of ether oxygens (including phenoxy) is 1. The lowest BCUT2D eigenvalue weighted by atomic mass is 10.1. The van der Waals surface area contributed by atoms with E-state index in [0.717, 1.165) is 19.3 Å². The van der Waals surface area contributed by atoms with E-state index in [1.165, 1.54) is 57.8 Å². The Bertz CT molecular complexity index is 344. The molecule has 4 nitrogen and oxygen atoms in total. The van der Waals surface area contributed by atoms with Crippen molar-refractivity contribution in [3.63, 3.8) is 0 Å². The number of hydrogen-bond donors (Lipinski definition) is 1. The molecule has 0 radical (unpaired) electrons. The highest BCUT2D eigenvalue weighted by Gasteiger charge is 2.09. The zero-order valence-electron chi connectivity index (χ0n) is 17.6. The molecule has 0 aliphatic rings. The maximum absolute atomic E-state index is 11.9. The number of unbranched alkanes of at least 4 members (excludes halogenated alkanes) is 9. The van der Waals surface area contributed by atoms with Gasteiger partial charge in [0.15, 0.2) is 0 Å². The third-order valence-electron chi connectivity index (χ3n) is 4.69. The van der Waals surface area contributed by atoms with Gasteiger partial charge in [-0.3, -0.25) is 9.59 Å². The number of nitrogens with one attached hydrogen (secondary N) is 1. The van der Waals surface area contributed by atoms with Crippen molar-refractivity contribution in [1.29, 1.82) is 0 Å². The summed E-state index contributed by atoms with van der Waals surface area (Å²) in [6, 6.07) is 0.226. The molecule has 0 spiro atoms. The van der Waals surface area contributed by atoms with Crippen molar-refractivity contribution in [2.45, 2.75) is 123 Å². The summed E-state index contributed by atoms with van der Waals surface area (Å²) in [5, 5.41) is 3.02. The number of carbonyl (C=O) groups is 2. The van der Waals surface area contributed by atoms with Crippen LogP contribution in [0.5, 0.6) is 0 Å². The number of esters is 1. The normalized spacial score (nSPS) is 12.0. The van der Waals surface area contributed by atoms with Crippen LogP contribution in [0.25, 0.3) is 0 Å². The maximum atomic E-state index is 11.9. The van der Waals surface area contributed by atoms with E-state index < -0.39 is 0 Å². The second kappa shape index (κ2) is 18.7. The summed E-state index contributed by atoms with van der Waals surface area (Å²) in [5.74, 6) is -0.121. The molecular formula is C22H43NO3. The van der Waals surface area contributed by atoms with Crippen LogP contribution in [0, 0.1) is 0 Å². The van der Waals surface area contributed by atoms with E-state index in [2.05, 4.69) is 26.1 Å². The molecule has 0 saturated heterocycles. The first-order valence-corrected chi connectivity index (χ1v) is 11.0. The lowest BCUT2D eigenvalue weighted by Gasteiger charge is -2.13. The highest BCUT2D eigenvalue weighted by atomic mass is 16.5. The molecular weight excluding hydrogens is 326 g/mol. The topological polar surface area (TPSA) is 55.4 Å². The Kier molecular flexibility index (Phi) is 18.0. The van der Waals surface area contributed by atoms with Crippen molar-refractivity contribution in [1.82, 2.24) is 5.32 Å². The summed E-state index contributed by atoms with van der Waals surface area (Å²) in [7, 11) is 0. The van der Waals surface area contributed by atoms with Crippen LogP contribution in [-0.4, -0.2) is 24.5 Å². The third-order valence-corrected chi connectivity index (χ3v) is 4.69. The van der Waals surface area contributed by atoms with Gasteiger partial charge in [-0.2, -0.15) is 0 Å². The van der Waals surface area contributed by atoms with Gasteiger partial charge in [0.2, 0.25) is 5.91 Å². The molecule has 0 rings (SSSR count). The van der Waals surface area contributed by atoms with Crippen molar-refractivity contribution in [3.05, 3.63) is 0 Å². The van der Waals surface area contributed by atoms with Gasteiger partial charge in [-0.05, 0) is 26.2 Å². The van der Waals surface area contributed by atoms with Crippen molar-refractivity contribution >= 4 is 11.9 Å². The number of rotatable bonds is 18. The fourth-order valence-corrected chi connectivity index (χ4v) is 3.01. The van der Waals surface area contributed by atoms with Gasteiger partial charge in [-0.1, -0.05) is 78.1 Å². The Balaban J connectivity index is 3.47. The van der Waals surface area contributed by atoms with E-state index in [0.29, 0.717) is 25.9 Å². The van der Waals surface area contributed by atoms with Crippen LogP contribution in [0.3, 0.4) is 0 Å². The number of hydrogen-bond acceptors (Lipinski definition) is 3. The molecule has 1 unspecified atom stereocenters. The predicted octanol–water partition coefficient (Wildman–Crippen LogP) is 5.93. The highest BCUT2D eigenvalue weighted by Crippen LogP contribution is 2.08. The molecule has 4 heteroatoms. The van der Waals surface area contributed by atoms with Crippen LogP contribution >= 0.6 is 0 Å². The van der Waals surface area contributed by atoms with E-state index in [1.807, 2.05) is 0 Å². The van der Waals surface area contributed by atoms with E-state index in [4.69, 9.17) is 4.74 Å². The molecule has 1 N–H and O–H groups in total. The lowest BCUT2D eigenvalue weighted by Crippen LogP contribution is -2.32. The predicted molar refractivity (Wildman–Crippen MR) is 109 cm³/mol. The molecule has 0 aliphatic carbocycles. The van der Waals surface area contributed by atoms with Crippen molar-refractivity contribution in [2.24, 2.45) is 0 Å². The number of amides is 1. The van der Waals surface area contributed by atoms with E-state index in [-0.39, 0.29) is 17.9 Å². The molecule has 0 aromatic carbocycles. The van der Waals surface area contributed by atoms with E-state index in [9.17, 15) is 9.59 Å². The molecule has 26 heavy (non-hydrogen) atoms. The summed E-state index contributed by atoms with van der Waals surface area (Å²) in [4.78, 5) is 23.5. The Morgan fingerprint density at radius 3 is 2.00 bits per heavy atom. The smallest absolute Gasteiger partial charge is 0.305 e. The molecule has 0 bridgehead atoms. The van der Waals surface area contributed by atoms with Crippen LogP contribution in [-0.2, 0) is 14.3 Å². The summed E-state index contributed by atoms with van der Waals surface area (Å²) >= 11 is 0. The molecule has 1 amide bonds. The average molecular weight is 370 g/mol. The third kappa shape index (κ3) is 17.8. The van der Waals surface area contributed by atoms with Crippen LogP contribution in [0.15, 0.2) is 0 Å². The van der Waals surface area contributed by atoms with Gasteiger partial charge in [0.05, 0.1) is 6.61 Å². The lowest BCUT2D eigenvalue weighted by molar-refractivity contribution is -0.143. The van der Waals surface area contributed by atoms with E-state index in [1.54, 1.807) is 0 Å². The quantitative estimate of drug-likeness (QED) is 0.241. The fraction of sp³-hybridized carbons (Fsp3) is 0.909. The number of carbonyl (C=O) groups excluding carboxylic acids is 2. The first-order chi connectivity index (χ1) is 12.6. The van der Waals surface area contributed by atoms with Gasteiger partial charge < -0.3 is 10.1 Å². The van der Waals surface area contributed by atoms with Gasteiger partial charge in [0, 0.05) is 18.9 Å². The molecule has 0 saturated carbocycles. The first-order valence-electron chi connectivity index (χ1n) is 11.0. The van der Waals surface area contributed by atoms with Gasteiger partial charge >= 0.3 is 5.97 Å². The van der Waals surface area contributed by atoms with Crippen molar-refractivity contribution in [3.8, 4) is 0 Å². The van der Waals surface area contributed by atoms with Crippen molar-refractivity contribution in [2.75, 3.05) is 6.61 Å². The summed E-state index contributed by atoms with van der Waals surface area (Å²) < 4.78 is 5.24. The second-order valence-electron chi connectivity index (χ2n) is 7.51. The minimum Gasteiger partial charge on any atom is -0.466 e. The second-order valence-corrected chi connectivity index (χ2v) is 7.51. The van der Waals surface area contributed by atoms with Gasteiger partial charge in [-0.25, -0.2) is 0 Å². The molecule has 1 atom stereocenters. The Labute approximate surface area is 161 Å². The Hall–Kier alpha value is -1.06. The van der Waals surface area contributed by atoms with Gasteiger partial charge in [-0.15, -0.1) is 0 Å². The van der Waals surface area contributed by atoms with Crippen LogP contribution in [0.4, 0.5) is 0 Å². The zero-order valence-corrected chi connectivity index (χ0v) is 17.6. The molecule has 0 aliphatic heterocycles. The zero-order chi connectivity index (χ0) is 19.5. The largest absolute Gasteiger partial charge is 0.466 e. The molecule has 154 valence electrons.